The van der Waals surface area contributed by atoms with Crippen LogP contribution < -0.4 is 0 Å². The summed E-state index contributed by atoms with van der Waals surface area (Å²) in [5.74, 6) is 1.59. The van der Waals surface area contributed by atoms with Crippen LogP contribution in [0.25, 0.3) is 10.2 Å². The van der Waals surface area contributed by atoms with Gasteiger partial charge in [-0.25, -0.2) is 9.97 Å². The second-order valence-electron chi connectivity index (χ2n) is 5.40. The Balaban J connectivity index is 1.84. The van der Waals surface area contributed by atoms with Gasteiger partial charge in [0.2, 0.25) is 0 Å². The number of hydrogen-bond donors (Lipinski definition) is 0. The lowest BCUT2D eigenvalue weighted by Gasteiger charge is -2.37. The number of thiophene rings is 1. The average molecular weight is 296 g/mol. The first-order valence-corrected chi connectivity index (χ1v) is 8.04. The summed E-state index contributed by atoms with van der Waals surface area (Å²) in [5.41, 5.74) is 0. The summed E-state index contributed by atoms with van der Waals surface area (Å²) >= 11 is 7.85. The maximum absolute atomic E-state index is 6.22. The summed E-state index contributed by atoms with van der Waals surface area (Å²) in [7, 11) is 0. The van der Waals surface area contributed by atoms with Gasteiger partial charge in [-0.3, -0.25) is 4.90 Å². The van der Waals surface area contributed by atoms with Crippen LogP contribution in [0, 0.1) is 5.92 Å². The third-order valence-corrected chi connectivity index (χ3v) is 5.27. The Hall–Kier alpha value is -0.710. The lowest BCUT2D eigenvalue weighted by atomic mass is 9.92. The zero-order valence-corrected chi connectivity index (χ0v) is 12.8. The monoisotopic (exact) mass is 295 g/mol. The van der Waals surface area contributed by atoms with Crippen LogP contribution >= 0.6 is 22.9 Å². The molecule has 2 unspecified atom stereocenters. The Kier molecular flexibility index (Phi) is 3.74. The Morgan fingerprint density at radius 3 is 3.11 bits per heavy atom. The molecule has 0 aliphatic carbocycles. The van der Waals surface area contributed by atoms with E-state index in [0.29, 0.717) is 11.2 Å². The van der Waals surface area contributed by atoms with Crippen LogP contribution in [-0.2, 0) is 6.54 Å². The molecule has 0 saturated carbocycles. The SMILES string of the molecule is CC1CCCN(Cc2nc(Cl)c3ccsc3n2)C1C. The van der Waals surface area contributed by atoms with Crippen molar-refractivity contribution in [3.63, 3.8) is 0 Å². The maximum Gasteiger partial charge on any atom is 0.145 e. The van der Waals surface area contributed by atoms with E-state index < -0.39 is 0 Å². The van der Waals surface area contributed by atoms with E-state index in [2.05, 4.69) is 28.7 Å². The van der Waals surface area contributed by atoms with Gasteiger partial charge in [-0.15, -0.1) is 11.3 Å². The number of hydrogen-bond acceptors (Lipinski definition) is 4. The molecule has 0 N–H and O–H groups in total. The molecule has 2 aromatic heterocycles. The third-order valence-electron chi connectivity index (χ3n) is 4.17. The molecule has 5 heteroatoms. The van der Waals surface area contributed by atoms with Crippen molar-refractivity contribution in [2.75, 3.05) is 6.54 Å². The Morgan fingerprint density at radius 1 is 1.42 bits per heavy atom. The highest BCUT2D eigenvalue weighted by molar-refractivity contribution is 7.16. The van der Waals surface area contributed by atoms with Crippen molar-refractivity contribution in [3.8, 4) is 0 Å². The minimum atomic E-state index is 0.582. The first-order valence-electron chi connectivity index (χ1n) is 6.79. The van der Waals surface area contributed by atoms with Crippen LogP contribution in [0.15, 0.2) is 11.4 Å². The summed E-state index contributed by atoms with van der Waals surface area (Å²) in [6.45, 7) is 6.57. The molecule has 102 valence electrons. The van der Waals surface area contributed by atoms with Gasteiger partial charge in [0.15, 0.2) is 0 Å². The summed E-state index contributed by atoms with van der Waals surface area (Å²) in [6.07, 6.45) is 2.59. The first kappa shape index (κ1) is 13.3. The van der Waals surface area contributed by atoms with E-state index in [9.17, 15) is 0 Å². The van der Waals surface area contributed by atoms with Crippen molar-refractivity contribution in [1.29, 1.82) is 0 Å². The molecule has 3 rings (SSSR count). The number of likely N-dealkylation sites (tertiary alicyclic amines) is 1. The standard InChI is InChI=1S/C14H18ClN3S/c1-9-4-3-6-18(10(9)2)8-12-16-13(15)11-5-7-19-14(11)17-12/h5,7,9-10H,3-4,6,8H2,1-2H3. The lowest BCUT2D eigenvalue weighted by Crippen LogP contribution is -2.42. The van der Waals surface area contributed by atoms with Crippen LogP contribution in [0.3, 0.4) is 0 Å². The number of fused-ring (bicyclic) bond motifs is 1. The second kappa shape index (κ2) is 5.35. The molecular formula is C14H18ClN3S. The van der Waals surface area contributed by atoms with Gasteiger partial charge in [-0.05, 0) is 43.7 Å². The summed E-state index contributed by atoms with van der Waals surface area (Å²) in [5, 5.41) is 3.56. The van der Waals surface area contributed by atoms with E-state index in [1.165, 1.54) is 12.8 Å². The predicted octanol–water partition coefficient (Wildman–Crippen LogP) is 3.97. The maximum atomic E-state index is 6.22. The van der Waals surface area contributed by atoms with E-state index >= 15 is 0 Å². The van der Waals surface area contributed by atoms with Gasteiger partial charge < -0.3 is 0 Å². The molecule has 0 radical (unpaired) electrons. The fourth-order valence-electron chi connectivity index (χ4n) is 2.76. The van der Waals surface area contributed by atoms with Crippen LogP contribution in [0.1, 0.15) is 32.5 Å². The topological polar surface area (TPSA) is 29.0 Å². The highest BCUT2D eigenvalue weighted by atomic mass is 35.5. The van der Waals surface area contributed by atoms with Crippen LogP contribution in [-0.4, -0.2) is 27.5 Å². The van der Waals surface area contributed by atoms with Gasteiger partial charge in [0.1, 0.15) is 15.8 Å². The molecule has 1 saturated heterocycles. The van der Waals surface area contributed by atoms with Gasteiger partial charge in [-0.1, -0.05) is 18.5 Å². The molecule has 0 aromatic carbocycles. The minimum Gasteiger partial charge on any atom is -0.293 e. The highest BCUT2D eigenvalue weighted by Gasteiger charge is 2.25. The quantitative estimate of drug-likeness (QED) is 0.785. The largest absolute Gasteiger partial charge is 0.293 e. The van der Waals surface area contributed by atoms with Gasteiger partial charge >= 0.3 is 0 Å². The molecule has 1 aliphatic heterocycles. The smallest absolute Gasteiger partial charge is 0.145 e. The lowest BCUT2D eigenvalue weighted by molar-refractivity contribution is 0.104. The minimum absolute atomic E-state index is 0.582. The van der Waals surface area contributed by atoms with E-state index in [1.54, 1.807) is 11.3 Å². The van der Waals surface area contributed by atoms with Crippen molar-refractivity contribution in [3.05, 3.63) is 22.4 Å². The number of nitrogens with zero attached hydrogens (tertiary/aromatic N) is 3. The fraction of sp³-hybridized carbons (Fsp3) is 0.571. The zero-order valence-electron chi connectivity index (χ0n) is 11.3. The van der Waals surface area contributed by atoms with Gasteiger partial charge in [-0.2, -0.15) is 0 Å². The summed E-state index contributed by atoms with van der Waals surface area (Å²) < 4.78 is 0. The van der Waals surface area contributed by atoms with Crippen molar-refractivity contribution in [2.24, 2.45) is 5.92 Å². The average Bonchev–Trinajstić information content (AvgIpc) is 2.84. The molecule has 2 aromatic rings. The number of aromatic nitrogens is 2. The van der Waals surface area contributed by atoms with Gasteiger partial charge in [0.05, 0.1) is 6.54 Å². The van der Waals surface area contributed by atoms with Crippen LogP contribution in [0.5, 0.6) is 0 Å². The van der Waals surface area contributed by atoms with Gasteiger partial charge in [0.25, 0.3) is 0 Å². The molecule has 1 aliphatic rings. The fourth-order valence-corrected chi connectivity index (χ4v) is 3.85. The van der Waals surface area contributed by atoms with Gasteiger partial charge in [0, 0.05) is 11.4 Å². The van der Waals surface area contributed by atoms with Crippen molar-refractivity contribution in [2.45, 2.75) is 39.3 Å². The van der Waals surface area contributed by atoms with E-state index in [0.717, 1.165) is 35.0 Å². The van der Waals surface area contributed by atoms with E-state index in [1.807, 2.05) is 11.4 Å². The Labute approximate surface area is 122 Å². The summed E-state index contributed by atoms with van der Waals surface area (Å²) in [4.78, 5) is 12.5. The van der Waals surface area contributed by atoms with Crippen molar-refractivity contribution < 1.29 is 0 Å². The molecule has 0 bridgehead atoms. The molecule has 3 nitrogen and oxygen atoms in total. The molecule has 0 amide bonds. The van der Waals surface area contributed by atoms with Crippen molar-refractivity contribution in [1.82, 2.24) is 14.9 Å². The Bertz CT molecular complexity index is 583. The number of halogens is 1. The third kappa shape index (κ3) is 2.62. The molecular weight excluding hydrogens is 278 g/mol. The normalized spacial score (nSPS) is 25.0. The van der Waals surface area contributed by atoms with Crippen molar-refractivity contribution >= 4 is 33.2 Å². The Morgan fingerprint density at radius 2 is 2.26 bits per heavy atom. The van der Waals surface area contributed by atoms with E-state index in [-0.39, 0.29) is 0 Å². The first-order chi connectivity index (χ1) is 9.15. The summed E-state index contributed by atoms with van der Waals surface area (Å²) in [6, 6.07) is 2.58. The van der Waals surface area contributed by atoms with Crippen LogP contribution in [0.4, 0.5) is 0 Å². The number of rotatable bonds is 2. The molecule has 19 heavy (non-hydrogen) atoms. The van der Waals surface area contributed by atoms with Crippen LogP contribution in [0.2, 0.25) is 5.15 Å². The predicted molar refractivity (Wildman–Crippen MR) is 80.7 cm³/mol. The molecule has 3 heterocycles. The highest BCUT2D eigenvalue weighted by Crippen LogP contribution is 2.27. The van der Waals surface area contributed by atoms with E-state index in [4.69, 9.17) is 11.6 Å². The zero-order chi connectivity index (χ0) is 13.4. The molecule has 2 atom stereocenters. The molecule has 0 spiro atoms. The second-order valence-corrected chi connectivity index (χ2v) is 6.65. The number of piperidine rings is 1. The molecule has 1 fully saturated rings.